The van der Waals surface area contributed by atoms with E-state index in [0.717, 1.165) is 29.9 Å². The van der Waals surface area contributed by atoms with Crippen molar-refractivity contribution in [1.29, 1.82) is 0 Å². The average molecular weight is 389 g/mol. The van der Waals surface area contributed by atoms with Crippen LogP contribution in [0.25, 0.3) is 0 Å². The number of carbonyl (C=O) groups excluding carboxylic acids is 2. The number of piperidine rings is 1. The molecule has 3 rings (SSSR count). The lowest BCUT2D eigenvalue weighted by atomic mass is 9.95. The third-order valence-corrected chi connectivity index (χ3v) is 6.36. The van der Waals surface area contributed by atoms with Crippen LogP contribution in [0.5, 0.6) is 0 Å². The molecule has 2 amide bonds. The summed E-state index contributed by atoms with van der Waals surface area (Å²) in [7, 11) is 0. The summed E-state index contributed by atoms with van der Waals surface area (Å²) in [5.74, 6) is 0.886. The zero-order valence-electron chi connectivity index (χ0n) is 16.1. The quantitative estimate of drug-likeness (QED) is 0.779. The van der Waals surface area contributed by atoms with Gasteiger partial charge in [0.15, 0.2) is 0 Å². The molecule has 0 bridgehead atoms. The van der Waals surface area contributed by atoms with Crippen LogP contribution in [-0.2, 0) is 24.2 Å². The number of aryl methyl sites for hydroxylation is 2. The molecule has 5 nitrogen and oxygen atoms in total. The molecule has 0 unspecified atom stereocenters. The monoisotopic (exact) mass is 388 g/mol. The predicted octanol–water partition coefficient (Wildman–Crippen LogP) is 4.02. The molecule has 2 aromatic rings. The molecule has 6 heteroatoms. The molecule has 2 aromatic heterocycles. The van der Waals surface area contributed by atoms with Crippen molar-refractivity contribution >= 4 is 23.2 Å². The van der Waals surface area contributed by atoms with Gasteiger partial charge < -0.3 is 14.6 Å². The summed E-state index contributed by atoms with van der Waals surface area (Å²) in [5, 5.41) is 2.93. The molecule has 0 atom stereocenters. The average Bonchev–Trinajstić information content (AvgIpc) is 3.35. The van der Waals surface area contributed by atoms with E-state index in [1.807, 2.05) is 17.0 Å². The van der Waals surface area contributed by atoms with E-state index < -0.39 is 0 Å². The summed E-state index contributed by atoms with van der Waals surface area (Å²) in [6.07, 6.45) is 6.13. The van der Waals surface area contributed by atoms with Gasteiger partial charge in [0.05, 0.1) is 17.7 Å². The van der Waals surface area contributed by atoms with E-state index in [4.69, 9.17) is 4.42 Å². The number of nitrogens with one attached hydrogen (secondary N) is 1. The van der Waals surface area contributed by atoms with Gasteiger partial charge in [-0.25, -0.2) is 0 Å². The van der Waals surface area contributed by atoms with Crippen LogP contribution in [0.3, 0.4) is 0 Å². The molecule has 0 saturated carbocycles. The van der Waals surface area contributed by atoms with Crippen molar-refractivity contribution in [2.24, 2.45) is 5.92 Å². The van der Waals surface area contributed by atoms with Crippen LogP contribution in [0.4, 0.5) is 0 Å². The molecule has 1 N–H and O–H groups in total. The van der Waals surface area contributed by atoms with Gasteiger partial charge in [-0.2, -0.15) is 0 Å². The molecule has 27 heavy (non-hydrogen) atoms. The van der Waals surface area contributed by atoms with Crippen molar-refractivity contribution in [1.82, 2.24) is 10.2 Å². The Hall–Kier alpha value is -2.08. The van der Waals surface area contributed by atoms with E-state index in [9.17, 15) is 9.59 Å². The van der Waals surface area contributed by atoms with E-state index in [-0.39, 0.29) is 17.7 Å². The van der Waals surface area contributed by atoms with Gasteiger partial charge in [0.1, 0.15) is 5.76 Å². The molecular formula is C21H28N2O3S. The maximum Gasteiger partial charge on any atom is 0.263 e. The van der Waals surface area contributed by atoms with Crippen LogP contribution in [-0.4, -0.2) is 29.8 Å². The molecule has 146 valence electrons. The SMILES string of the molecule is CCCc1sc(C(=O)N2CCC(C(=O)NCc3ccco3)CC2)cc1CC. The molecule has 1 fully saturated rings. The second kappa shape index (κ2) is 9.22. The Morgan fingerprint density at radius 3 is 2.70 bits per heavy atom. The lowest BCUT2D eigenvalue weighted by molar-refractivity contribution is -0.126. The number of nitrogens with zero attached hydrogens (tertiary/aromatic N) is 1. The summed E-state index contributed by atoms with van der Waals surface area (Å²) >= 11 is 1.64. The van der Waals surface area contributed by atoms with E-state index in [0.29, 0.717) is 32.5 Å². The summed E-state index contributed by atoms with van der Waals surface area (Å²) in [5.41, 5.74) is 1.30. The molecule has 0 aromatic carbocycles. The second-order valence-electron chi connectivity index (χ2n) is 7.03. The smallest absolute Gasteiger partial charge is 0.263 e. The minimum absolute atomic E-state index is 0.0331. The highest BCUT2D eigenvalue weighted by atomic mass is 32.1. The van der Waals surface area contributed by atoms with E-state index in [1.165, 1.54) is 10.4 Å². The Morgan fingerprint density at radius 2 is 2.07 bits per heavy atom. The first kappa shape index (κ1) is 19.7. The molecule has 0 spiro atoms. The highest BCUT2D eigenvalue weighted by Gasteiger charge is 2.28. The van der Waals surface area contributed by atoms with Crippen LogP contribution in [0.15, 0.2) is 28.9 Å². The van der Waals surface area contributed by atoms with Crippen LogP contribution < -0.4 is 5.32 Å². The number of amides is 2. The fraction of sp³-hybridized carbons (Fsp3) is 0.524. The summed E-state index contributed by atoms with van der Waals surface area (Å²) in [6.45, 7) is 6.01. The highest BCUT2D eigenvalue weighted by Crippen LogP contribution is 2.27. The fourth-order valence-corrected chi connectivity index (χ4v) is 4.87. The summed E-state index contributed by atoms with van der Waals surface area (Å²) < 4.78 is 5.24. The van der Waals surface area contributed by atoms with Gasteiger partial charge >= 0.3 is 0 Å². The molecule has 1 aliphatic rings. The second-order valence-corrected chi connectivity index (χ2v) is 8.16. The lowest BCUT2D eigenvalue weighted by Gasteiger charge is -2.31. The maximum absolute atomic E-state index is 12.9. The topological polar surface area (TPSA) is 62.6 Å². The van der Waals surface area contributed by atoms with E-state index >= 15 is 0 Å². The number of carbonyl (C=O) groups is 2. The van der Waals surface area contributed by atoms with Gasteiger partial charge in [0.2, 0.25) is 5.91 Å². The first-order valence-electron chi connectivity index (χ1n) is 9.83. The van der Waals surface area contributed by atoms with Gasteiger partial charge in [0, 0.05) is 23.9 Å². The molecule has 1 saturated heterocycles. The van der Waals surface area contributed by atoms with Gasteiger partial charge in [-0.3, -0.25) is 9.59 Å². The van der Waals surface area contributed by atoms with Crippen molar-refractivity contribution < 1.29 is 14.0 Å². The van der Waals surface area contributed by atoms with Crippen LogP contribution >= 0.6 is 11.3 Å². The zero-order valence-corrected chi connectivity index (χ0v) is 16.9. The van der Waals surface area contributed by atoms with Gasteiger partial charge in [0.25, 0.3) is 5.91 Å². The van der Waals surface area contributed by atoms with Gasteiger partial charge in [-0.1, -0.05) is 20.3 Å². The van der Waals surface area contributed by atoms with Gasteiger partial charge in [-0.05, 0) is 49.4 Å². The molecular weight excluding hydrogens is 360 g/mol. The van der Waals surface area contributed by atoms with E-state index in [1.54, 1.807) is 17.6 Å². The van der Waals surface area contributed by atoms with Crippen molar-refractivity contribution in [2.45, 2.75) is 52.5 Å². The van der Waals surface area contributed by atoms with Crippen LogP contribution in [0, 0.1) is 5.92 Å². The van der Waals surface area contributed by atoms with Crippen LogP contribution in [0.1, 0.15) is 59.0 Å². The number of likely N-dealkylation sites (tertiary alicyclic amines) is 1. The highest BCUT2D eigenvalue weighted by molar-refractivity contribution is 7.14. The molecule has 3 heterocycles. The Kier molecular flexibility index (Phi) is 6.72. The Labute approximate surface area is 164 Å². The largest absolute Gasteiger partial charge is 0.467 e. The molecule has 0 aliphatic carbocycles. The van der Waals surface area contributed by atoms with Crippen molar-refractivity contribution in [3.8, 4) is 0 Å². The third-order valence-electron chi connectivity index (χ3n) is 5.14. The Balaban J connectivity index is 1.52. The standard InChI is InChI=1S/C21H28N2O3S/c1-3-6-18-15(4-2)13-19(27-18)21(25)23-10-8-16(9-11-23)20(24)22-14-17-7-5-12-26-17/h5,7,12-13,16H,3-4,6,8-11,14H2,1-2H3,(H,22,24). The number of hydrogen-bond acceptors (Lipinski definition) is 4. The fourth-order valence-electron chi connectivity index (χ4n) is 3.54. The normalized spacial score (nSPS) is 15.1. The maximum atomic E-state index is 12.9. The zero-order chi connectivity index (χ0) is 19.2. The summed E-state index contributed by atoms with van der Waals surface area (Å²) in [6, 6.07) is 5.73. The molecule has 1 aliphatic heterocycles. The van der Waals surface area contributed by atoms with Gasteiger partial charge in [-0.15, -0.1) is 11.3 Å². The Morgan fingerprint density at radius 1 is 1.30 bits per heavy atom. The minimum Gasteiger partial charge on any atom is -0.467 e. The van der Waals surface area contributed by atoms with E-state index in [2.05, 4.69) is 25.2 Å². The number of rotatable bonds is 7. The first-order chi connectivity index (χ1) is 13.1. The Bertz CT molecular complexity index is 758. The number of hydrogen-bond donors (Lipinski definition) is 1. The predicted molar refractivity (Wildman–Crippen MR) is 107 cm³/mol. The van der Waals surface area contributed by atoms with Crippen molar-refractivity contribution in [3.05, 3.63) is 45.5 Å². The van der Waals surface area contributed by atoms with Crippen molar-refractivity contribution in [3.63, 3.8) is 0 Å². The number of thiophene rings is 1. The van der Waals surface area contributed by atoms with Crippen molar-refractivity contribution in [2.75, 3.05) is 13.1 Å². The minimum atomic E-state index is -0.0331. The number of furan rings is 1. The lowest BCUT2D eigenvalue weighted by Crippen LogP contribution is -2.42. The third kappa shape index (κ3) is 4.80. The van der Waals surface area contributed by atoms with Crippen LogP contribution in [0.2, 0.25) is 0 Å². The summed E-state index contributed by atoms with van der Waals surface area (Å²) in [4.78, 5) is 29.3. The molecule has 0 radical (unpaired) electrons. The first-order valence-corrected chi connectivity index (χ1v) is 10.6.